The van der Waals surface area contributed by atoms with Gasteiger partial charge in [0.15, 0.2) is 11.4 Å². The topological polar surface area (TPSA) is 191 Å². The average molecular weight is 489 g/mol. The highest BCUT2D eigenvalue weighted by atomic mass is 16.3. The van der Waals surface area contributed by atoms with E-state index in [1.165, 1.54) is 0 Å². The van der Waals surface area contributed by atoms with Crippen LogP contribution in [0.3, 0.4) is 0 Å². The molecule has 3 aliphatic carbocycles. The highest BCUT2D eigenvalue weighted by molar-refractivity contribution is 6.25. The van der Waals surface area contributed by atoms with E-state index in [9.17, 15) is 34.8 Å². The number of rotatable bonds is 4. The van der Waals surface area contributed by atoms with Crippen LogP contribution in [0, 0.1) is 17.8 Å². The molecule has 8 N–H and O–H groups in total. The quantitative estimate of drug-likeness (QED) is 0.276. The molecule has 3 aliphatic rings. The number of hydrogen-bond donors (Lipinski definition) is 6. The zero-order valence-corrected chi connectivity index (χ0v) is 20.1. The fourth-order valence-corrected chi connectivity index (χ4v) is 6.26. The number of phenolic OH excluding ortho intramolecular Hbond substituents is 1. The normalized spacial score (nSPS) is 32.3. The molecule has 0 bridgehead atoms. The van der Waals surface area contributed by atoms with Crippen molar-refractivity contribution in [3.63, 3.8) is 0 Å². The minimum Gasteiger partial charge on any atom is -0.507 e. The van der Waals surface area contributed by atoms with Crippen molar-refractivity contribution in [2.75, 3.05) is 33.1 Å². The number of primary amides is 1. The molecule has 190 valence electrons. The molecule has 1 aromatic carbocycles. The number of carbonyl (C=O) groups excluding carboxylic acids is 3. The number of benzene rings is 1. The highest BCUT2D eigenvalue weighted by Gasteiger charge is 2.67. The van der Waals surface area contributed by atoms with Crippen molar-refractivity contribution in [1.82, 2.24) is 4.90 Å². The molecule has 4 rings (SSSR count). The molecule has 0 aromatic heterocycles. The van der Waals surface area contributed by atoms with E-state index in [4.69, 9.17) is 11.5 Å². The van der Waals surface area contributed by atoms with Gasteiger partial charge in [0.05, 0.1) is 11.7 Å². The second-order valence-electron chi connectivity index (χ2n) is 10.1. The largest absolute Gasteiger partial charge is 0.507 e. The summed E-state index contributed by atoms with van der Waals surface area (Å²) in [5.41, 5.74) is 10.0. The first-order valence-electron chi connectivity index (χ1n) is 11.4. The number of nitrogens with zero attached hydrogens (tertiary/aromatic N) is 2. The van der Waals surface area contributed by atoms with Crippen LogP contribution < -0.4 is 16.4 Å². The van der Waals surface area contributed by atoms with E-state index in [1.807, 2.05) is 4.90 Å². The Morgan fingerprint density at radius 2 is 1.83 bits per heavy atom. The fraction of sp³-hybridized carbons (Fsp3) is 0.542. The van der Waals surface area contributed by atoms with Crippen molar-refractivity contribution < 1.29 is 34.8 Å². The number of ketones is 2. The number of aliphatic hydroxyl groups excluding tert-OH is 2. The molecule has 35 heavy (non-hydrogen) atoms. The van der Waals surface area contributed by atoms with Crippen LogP contribution in [0.25, 0.3) is 5.76 Å². The van der Waals surface area contributed by atoms with Crippen molar-refractivity contribution in [1.29, 1.82) is 0 Å². The van der Waals surface area contributed by atoms with Gasteiger partial charge in [0.25, 0.3) is 0 Å². The molecule has 11 nitrogen and oxygen atoms in total. The summed E-state index contributed by atoms with van der Waals surface area (Å²) in [6, 6.07) is 0.798. The first-order chi connectivity index (χ1) is 16.3. The van der Waals surface area contributed by atoms with E-state index >= 15 is 0 Å². The first-order valence-corrected chi connectivity index (χ1v) is 11.4. The minimum atomic E-state index is -2.67. The fourth-order valence-electron chi connectivity index (χ4n) is 6.26. The molecule has 0 saturated heterocycles. The maximum absolute atomic E-state index is 13.8. The Bertz CT molecular complexity index is 1160. The van der Waals surface area contributed by atoms with Gasteiger partial charge in [0.1, 0.15) is 17.4 Å². The number of Topliss-reactive ketones (excluding diaryl/α,β-unsaturated/α-hetero) is 2. The van der Waals surface area contributed by atoms with E-state index in [1.54, 1.807) is 39.2 Å². The molecule has 0 spiro atoms. The van der Waals surface area contributed by atoms with Crippen molar-refractivity contribution in [3.05, 3.63) is 28.3 Å². The zero-order chi connectivity index (χ0) is 26.1. The molecule has 1 aromatic rings. The zero-order valence-electron chi connectivity index (χ0n) is 20.1. The van der Waals surface area contributed by atoms with Crippen LogP contribution in [-0.4, -0.2) is 88.7 Å². The van der Waals surface area contributed by atoms with Crippen LogP contribution in [0.1, 0.15) is 23.1 Å². The molecule has 0 radical (unpaired) electrons. The molecule has 2 fully saturated rings. The standard InChI is InChI=1S/C24H32N4O7/c1-27(2)13-7-10(8-25)18(29)15-11(13)5-9-6-12-17(28(3)4)20(31)16(23(26)34)22(33)24(12,35)21(32)14(9)19(15)30/h7,9,12,16-17,20,29-31,35H,5-6,8,25H2,1-4H3,(H2,26,34)/t9-,12-,16?,17-,20?,24-/m1/s1. The van der Waals surface area contributed by atoms with Gasteiger partial charge in [-0.25, -0.2) is 0 Å². The molecule has 0 heterocycles. The number of anilines is 1. The monoisotopic (exact) mass is 488 g/mol. The molecule has 2 unspecified atom stereocenters. The van der Waals surface area contributed by atoms with Crippen LogP contribution >= 0.6 is 0 Å². The van der Waals surface area contributed by atoms with Crippen LogP contribution in [-0.2, 0) is 27.3 Å². The van der Waals surface area contributed by atoms with Gasteiger partial charge >= 0.3 is 0 Å². The molecule has 6 atom stereocenters. The number of likely N-dealkylation sites (N-methyl/N-ethyl adjacent to an activating group) is 1. The van der Waals surface area contributed by atoms with E-state index in [0.29, 0.717) is 16.8 Å². The summed E-state index contributed by atoms with van der Waals surface area (Å²) < 4.78 is 0. The first kappa shape index (κ1) is 25.1. The molecular weight excluding hydrogens is 456 g/mol. The van der Waals surface area contributed by atoms with Gasteiger partial charge in [0, 0.05) is 49.4 Å². The number of phenols is 1. The number of aliphatic hydroxyl groups is 3. The number of fused-ring (bicyclic) bond motifs is 3. The van der Waals surface area contributed by atoms with E-state index in [-0.39, 0.29) is 36.3 Å². The van der Waals surface area contributed by atoms with Crippen LogP contribution in [0.15, 0.2) is 11.6 Å². The lowest BCUT2D eigenvalue weighted by molar-refractivity contribution is -0.184. The van der Waals surface area contributed by atoms with Crippen molar-refractivity contribution in [3.8, 4) is 5.75 Å². The lowest BCUT2D eigenvalue weighted by Crippen LogP contribution is -2.73. The second-order valence-corrected chi connectivity index (χ2v) is 10.1. The van der Waals surface area contributed by atoms with Crippen LogP contribution in [0.2, 0.25) is 0 Å². The van der Waals surface area contributed by atoms with Crippen LogP contribution in [0.5, 0.6) is 5.75 Å². The Hall–Kier alpha value is -2.99. The Kier molecular flexibility index (Phi) is 5.95. The Balaban J connectivity index is 1.96. The Morgan fingerprint density at radius 3 is 2.34 bits per heavy atom. The van der Waals surface area contributed by atoms with Gasteiger partial charge in [0.2, 0.25) is 11.7 Å². The van der Waals surface area contributed by atoms with Gasteiger partial charge < -0.3 is 41.7 Å². The second kappa shape index (κ2) is 8.30. The molecule has 11 heteroatoms. The van der Waals surface area contributed by atoms with E-state index in [0.717, 1.165) is 0 Å². The molecule has 0 aliphatic heterocycles. The summed E-state index contributed by atoms with van der Waals surface area (Å²) in [4.78, 5) is 42.6. The third-order valence-electron chi connectivity index (χ3n) is 7.85. The summed E-state index contributed by atoms with van der Waals surface area (Å²) in [5, 5.41) is 44.7. The number of aromatic hydroxyl groups is 1. The third-order valence-corrected chi connectivity index (χ3v) is 7.85. The average Bonchev–Trinajstić information content (AvgIpc) is 2.75. The minimum absolute atomic E-state index is 0.0207. The number of nitrogens with two attached hydrogens (primary N) is 2. The van der Waals surface area contributed by atoms with Crippen molar-refractivity contribution in [2.24, 2.45) is 29.2 Å². The highest BCUT2D eigenvalue weighted by Crippen LogP contribution is 2.53. The van der Waals surface area contributed by atoms with Gasteiger partial charge in [-0.15, -0.1) is 0 Å². The van der Waals surface area contributed by atoms with E-state index < -0.39 is 58.7 Å². The van der Waals surface area contributed by atoms with Gasteiger partial charge in [-0.05, 0) is 44.5 Å². The molecule has 2 saturated carbocycles. The summed E-state index contributed by atoms with van der Waals surface area (Å²) in [6.07, 6.45) is -1.20. The third kappa shape index (κ3) is 3.29. The van der Waals surface area contributed by atoms with Gasteiger partial charge in [-0.1, -0.05) is 0 Å². The lowest BCUT2D eigenvalue weighted by Gasteiger charge is -2.53. The summed E-state index contributed by atoms with van der Waals surface area (Å²) >= 11 is 0. The van der Waals surface area contributed by atoms with E-state index in [2.05, 4.69) is 0 Å². The number of amides is 1. The van der Waals surface area contributed by atoms with Crippen molar-refractivity contribution >= 4 is 28.9 Å². The SMILES string of the molecule is CN(C)c1cc(CN)c(O)c2c1C[C@@H]1C[C@@H]3[C@@H](N(C)C)C(O)C(C(N)=O)C(=O)[C@]3(O)C(=O)C1=C2O. The number of carbonyl (C=O) groups is 3. The number of hydrogen-bond acceptors (Lipinski definition) is 10. The van der Waals surface area contributed by atoms with Gasteiger partial charge in [-0.3, -0.25) is 14.4 Å². The maximum Gasteiger partial charge on any atom is 0.230 e. The van der Waals surface area contributed by atoms with Crippen molar-refractivity contribution in [2.45, 2.75) is 37.1 Å². The summed E-state index contributed by atoms with van der Waals surface area (Å²) in [6.45, 7) is -0.0207. The Labute approximate surface area is 202 Å². The predicted octanol–water partition coefficient (Wildman–Crippen LogP) is -1.35. The maximum atomic E-state index is 13.8. The smallest absolute Gasteiger partial charge is 0.230 e. The van der Waals surface area contributed by atoms with Crippen LogP contribution in [0.4, 0.5) is 5.69 Å². The molecular formula is C24H32N4O7. The summed E-state index contributed by atoms with van der Waals surface area (Å²) in [5.74, 6) is -7.61. The molecule has 1 amide bonds. The Morgan fingerprint density at radius 1 is 1.20 bits per heavy atom. The summed E-state index contributed by atoms with van der Waals surface area (Å²) in [7, 11) is 6.83. The predicted molar refractivity (Wildman–Crippen MR) is 126 cm³/mol. The lowest BCUT2D eigenvalue weighted by atomic mass is 9.54. The van der Waals surface area contributed by atoms with Gasteiger partial charge in [-0.2, -0.15) is 0 Å².